The fourth-order valence-corrected chi connectivity index (χ4v) is 1.56. The molecule has 0 saturated carbocycles. The summed E-state index contributed by atoms with van der Waals surface area (Å²) < 4.78 is 12.9. The third-order valence-electron chi connectivity index (χ3n) is 2.44. The summed E-state index contributed by atoms with van der Waals surface area (Å²) in [6.07, 6.45) is 0. The van der Waals surface area contributed by atoms with Crippen molar-refractivity contribution in [3.05, 3.63) is 34.6 Å². The minimum atomic E-state index is -0.412. The van der Waals surface area contributed by atoms with E-state index in [2.05, 4.69) is 10.6 Å². The number of benzene rings is 1. The van der Waals surface area contributed by atoms with E-state index in [4.69, 9.17) is 11.6 Å². The van der Waals surface area contributed by atoms with Gasteiger partial charge in [0.25, 0.3) is 0 Å². The zero-order chi connectivity index (χ0) is 13.5. The molecule has 5 heteroatoms. The van der Waals surface area contributed by atoms with Crippen LogP contribution in [0.25, 0.3) is 0 Å². The van der Waals surface area contributed by atoms with E-state index in [1.54, 1.807) is 12.1 Å². The number of carbonyl (C=O) groups excluding carboxylic acids is 1. The average Bonchev–Trinajstić information content (AvgIpc) is 2.32. The van der Waals surface area contributed by atoms with Crippen molar-refractivity contribution in [1.82, 2.24) is 10.6 Å². The van der Waals surface area contributed by atoms with E-state index in [9.17, 15) is 9.18 Å². The number of rotatable bonds is 6. The Balaban J connectivity index is 2.22. The lowest BCUT2D eigenvalue weighted by atomic mass is 10.2. The molecule has 18 heavy (non-hydrogen) atoms. The summed E-state index contributed by atoms with van der Waals surface area (Å²) in [7, 11) is 0. The van der Waals surface area contributed by atoms with Crippen LogP contribution in [0, 0.1) is 11.7 Å². The molecule has 100 valence electrons. The lowest BCUT2D eigenvalue weighted by Crippen LogP contribution is -2.34. The van der Waals surface area contributed by atoms with Crippen LogP contribution in [0.2, 0.25) is 5.02 Å². The van der Waals surface area contributed by atoms with Crippen LogP contribution in [-0.2, 0) is 11.3 Å². The first-order chi connectivity index (χ1) is 8.50. The quantitative estimate of drug-likeness (QED) is 0.781. The van der Waals surface area contributed by atoms with Crippen molar-refractivity contribution in [2.75, 3.05) is 13.1 Å². The molecule has 0 unspecified atom stereocenters. The van der Waals surface area contributed by atoms with Crippen LogP contribution in [-0.4, -0.2) is 19.0 Å². The van der Waals surface area contributed by atoms with Crippen molar-refractivity contribution in [3.8, 4) is 0 Å². The summed E-state index contributed by atoms with van der Waals surface area (Å²) >= 11 is 5.67. The van der Waals surface area contributed by atoms with Crippen LogP contribution < -0.4 is 10.6 Å². The third-order valence-corrected chi connectivity index (χ3v) is 2.73. The lowest BCUT2D eigenvalue weighted by Gasteiger charge is -2.09. The molecule has 1 aromatic rings. The van der Waals surface area contributed by atoms with E-state index < -0.39 is 5.82 Å². The van der Waals surface area contributed by atoms with E-state index in [1.807, 2.05) is 13.8 Å². The van der Waals surface area contributed by atoms with Crippen LogP contribution in [0.5, 0.6) is 0 Å². The molecule has 0 fully saturated rings. The SMILES string of the molecule is CC(C)C(=O)NCCNCc1ccc(F)c(Cl)c1. The smallest absolute Gasteiger partial charge is 0.222 e. The van der Waals surface area contributed by atoms with Crippen LogP contribution in [0.4, 0.5) is 4.39 Å². The number of hydrogen-bond acceptors (Lipinski definition) is 2. The monoisotopic (exact) mass is 272 g/mol. The van der Waals surface area contributed by atoms with E-state index in [0.717, 1.165) is 5.56 Å². The Hall–Kier alpha value is -1.13. The van der Waals surface area contributed by atoms with Gasteiger partial charge in [-0.3, -0.25) is 4.79 Å². The summed E-state index contributed by atoms with van der Waals surface area (Å²) in [5.74, 6) is -0.368. The summed E-state index contributed by atoms with van der Waals surface area (Å²) in [6.45, 7) is 5.53. The van der Waals surface area contributed by atoms with Crippen LogP contribution in [0.3, 0.4) is 0 Å². The van der Waals surface area contributed by atoms with Crippen molar-refractivity contribution >= 4 is 17.5 Å². The van der Waals surface area contributed by atoms with Gasteiger partial charge in [-0.25, -0.2) is 4.39 Å². The Bertz CT molecular complexity index is 410. The van der Waals surface area contributed by atoms with E-state index in [1.165, 1.54) is 6.07 Å². The first-order valence-electron chi connectivity index (χ1n) is 5.93. The maximum absolute atomic E-state index is 12.9. The zero-order valence-corrected chi connectivity index (χ0v) is 11.4. The number of halogens is 2. The van der Waals surface area contributed by atoms with Crippen LogP contribution in [0.1, 0.15) is 19.4 Å². The lowest BCUT2D eigenvalue weighted by molar-refractivity contribution is -0.123. The minimum absolute atomic E-state index is 0.000838. The molecule has 0 bridgehead atoms. The predicted molar refractivity (Wildman–Crippen MR) is 71.0 cm³/mol. The largest absolute Gasteiger partial charge is 0.355 e. The molecular formula is C13H18ClFN2O. The maximum Gasteiger partial charge on any atom is 0.222 e. The first kappa shape index (κ1) is 14.9. The molecule has 1 aromatic carbocycles. The second kappa shape index (κ2) is 7.34. The topological polar surface area (TPSA) is 41.1 Å². The maximum atomic E-state index is 12.9. The van der Waals surface area contributed by atoms with Gasteiger partial charge in [0.1, 0.15) is 5.82 Å². The molecule has 1 amide bonds. The highest BCUT2D eigenvalue weighted by Gasteiger charge is 2.04. The molecule has 0 atom stereocenters. The molecule has 0 aliphatic carbocycles. The minimum Gasteiger partial charge on any atom is -0.355 e. The van der Waals surface area contributed by atoms with Crippen LogP contribution in [0.15, 0.2) is 18.2 Å². The highest BCUT2D eigenvalue weighted by molar-refractivity contribution is 6.30. The molecule has 1 rings (SSSR count). The second-order valence-electron chi connectivity index (χ2n) is 4.37. The Morgan fingerprint density at radius 3 is 2.72 bits per heavy atom. The van der Waals surface area contributed by atoms with Gasteiger partial charge in [0.15, 0.2) is 0 Å². The van der Waals surface area contributed by atoms with E-state index in [-0.39, 0.29) is 16.8 Å². The number of hydrogen-bond donors (Lipinski definition) is 2. The van der Waals surface area contributed by atoms with Gasteiger partial charge in [0, 0.05) is 25.6 Å². The van der Waals surface area contributed by atoms with Crippen molar-refractivity contribution in [3.63, 3.8) is 0 Å². The summed E-state index contributed by atoms with van der Waals surface area (Å²) in [5.41, 5.74) is 0.914. The van der Waals surface area contributed by atoms with Crippen molar-refractivity contribution in [2.45, 2.75) is 20.4 Å². The van der Waals surface area contributed by atoms with Gasteiger partial charge < -0.3 is 10.6 Å². The van der Waals surface area contributed by atoms with Gasteiger partial charge in [0.2, 0.25) is 5.91 Å². The highest BCUT2D eigenvalue weighted by Crippen LogP contribution is 2.15. The Kier molecular flexibility index (Phi) is 6.09. The molecule has 2 N–H and O–H groups in total. The molecule has 0 aromatic heterocycles. The van der Waals surface area contributed by atoms with Gasteiger partial charge in [-0.2, -0.15) is 0 Å². The van der Waals surface area contributed by atoms with Gasteiger partial charge in [-0.15, -0.1) is 0 Å². The fraction of sp³-hybridized carbons (Fsp3) is 0.462. The molecule has 0 spiro atoms. The first-order valence-corrected chi connectivity index (χ1v) is 6.31. The zero-order valence-electron chi connectivity index (χ0n) is 10.6. The van der Waals surface area contributed by atoms with E-state index >= 15 is 0 Å². The third kappa shape index (κ3) is 5.02. The second-order valence-corrected chi connectivity index (χ2v) is 4.78. The van der Waals surface area contributed by atoms with Gasteiger partial charge in [-0.1, -0.05) is 31.5 Å². The van der Waals surface area contributed by atoms with Gasteiger partial charge >= 0.3 is 0 Å². The molecular weight excluding hydrogens is 255 g/mol. The molecule has 0 aliphatic heterocycles. The number of carbonyl (C=O) groups is 1. The molecule has 0 saturated heterocycles. The summed E-state index contributed by atoms with van der Waals surface area (Å²) in [4.78, 5) is 11.3. The highest BCUT2D eigenvalue weighted by atomic mass is 35.5. The number of nitrogens with one attached hydrogen (secondary N) is 2. The van der Waals surface area contributed by atoms with E-state index in [0.29, 0.717) is 19.6 Å². The van der Waals surface area contributed by atoms with Gasteiger partial charge in [-0.05, 0) is 17.7 Å². The Labute approximate surface area is 112 Å². The molecule has 0 radical (unpaired) electrons. The number of amides is 1. The standard InChI is InChI=1S/C13H18ClFN2O/c1-9(2)13(18)17-6-5-16-8-10-3-4-12(15)11(14)7-10/h3-4,7,9,16H,5-6,8H2,1-2H3,(H,17,18). The Morgan fingerprint density at radius 1 is 1.39 bits per heavy atom. The van der Waals surface area contributed by atoms with Crippen molar-refractivity contribution in [1.29, 1.82) is 0 Å². The van der Waals surface area contributed by atoms with Crippen molar-refractivity contribution < 1.29 is 9.18 Å². The molecule has 0 aliphatic rings. The normalized spacial score (nSPS) is 10.7. The molecule has 3 nitrogen and oxygen atoms in total. The average molecular weight is 273 g/mol. The summed E-state index contributed by atoms with van der Waals surface area (Å²) in [6, 6.07) is 4.62. The van der Waals surface area contributed by atoms with Crippen molar-refractivity contribution in [2.24, 2.45) is 5.92 Å². The molecule has 0 heterocycles. The van der Waals surface area contributed by atoms with Crippen LogP contribution >= 0.6 is 11.6 Å². The summed E-state index contributed by atoms with van der Waals surface area (Å²) in [5, 5.41) is 6.08. The Morgan fingerprint density at radius 2 is 2.11 bits per heavy atom. The van der Waals surface area contributed by atoms with Gasteiger partial charge in [0.05, 0.1) is 5.02 Å². The fourth-order valence-electron chi connectivity index (χ4n) is 1.36. The predicted octanol–water partition coefficient (Wildman–Crippen LogP) is 2.34.